The quantitative estimate of drug-likeness (QED) is 0.636. The van der Waals surface area contributed by atoms with Gasteiger partial charge in [-0.15, -0.1) is 0 Å². The maximum atomic E-state index is 4.38. The van der Waals surface area contributed by atoms with Crippen LogP contribution in [0.5, 0.6) is 0 Å². The van der Waals surface area contributed by atoms with Gasteiger partial charge in [0.2, 0.25) is 0 Å². The average Bonchev–Trinajstić information content (AvgIpc) is 2.17. The van der Waals surface area contributed by atoms with Gasteiger partial charge in [0.25, 0.3) is 0 Å². The molecule has 0 radical (unpaired) electrons. The first kappa shape index (κ1) is 8.49. The van der Waals surface area contributed by atoms with Crippen molar-refractivity contribution in [3.63, 3.8) is 0 Å². The Hall–Kier alpha value is -1.11. The Morgan fingerprint density at radius 2 is 2.15 bits per heavy atom. The minimum atomic E-state index is 0.662. The first-order valence-corrected chi connectivity index (χ1v) is 4.91. The Morgan fingerprint density at radius 3 is 2.92 bits per heavy atom. The van der Waals surface area contributed by atoms with Crippen LogP contribution in [0, 0.1) is 5.92 Å². The molecule has 13 heavy (non-hydrogen) atoms. The standard InChI is InChI=1S/C12H15N/c1-9(2)11-6-5-10-4-3-7-13-12(10)8-11/h3-4,7-9H,5-6H2,1-2H3. The van der Waals surface area contributed by atoms with Gasteiger partial charge in [-0.05, 0) is 36.5 Å². The van der Waals surface area contributed by atoms with E-state index in [0.29, 0.717) is 5.92 Å². The SMILES string of the molecule is CC(C)C1=Cc2ncccc2CC1. The molecule has 1 heterocycles. The van der Waals surface area contributed by atoms with Crippen LogP contribution in [0.2, 0.25) is 0 Å². The first-order chi connectivity index (χ1) is 6.27. The zero-order chi connectivity index (χ0) is 9.26. The number of fused-ring (bicyclic) bond motifs is 1. The van der Waals surface area contributed by atoms with Crippen LogP contribution in [-0.2, 0) is 6.42 Å². The molecule has 1 aromatic rings. The van der Waals surface area contributed by atoms with Gasteiger partial charge in [0, 0.05) is 6.20 Å². The van der Waals surface area contributed by atoms with E-state index in [4.69, 9.17) is 0 Å². The molecule has 68 valence electrons. The molecule has 0 spiro atoms. The molecule has 0 aliphatic heterocycles. The van der Waals surface area contributed by atoms with Gasteiger partial charge in [-0.1, -0.05) is 25.5 Å². The van der Waals surface area contributed by atoms with Crippen molar-refractivity contribution in [1.29, 1.82) is 0 Å². The van der Waals surface area contributed by atoms with Gasteiger partial charge in [-0.3, -0.25) is 4.98 Å². The van der Waals surface area contributed by atoms with Crippen LogP contribution < -0.4 is 0 Å². The van der Waals surface area contributed by atoms with Crippen LogP contribution in [0.15, 0.2) is 23.9 Å². The summed E-state index contributed by atoms with van der Waals surface area (Å²) in [5, 5.41) is 0. The predicted molar refractivity (Wildman–Crippen MR) is 55.4 cm³/mol. The van der Waals surface area contributed by atoms with Crippen molar-refractivity contribution in [2.45, 2.75) is 26.7 Å². The normalized spacial score (nSPS) is 15.5. The lowest BCUT2D eigenvalue weighted by Gasteiger charge is -2.17. The molecule has 0 amide bonds. The van der Waals surface area contributed by atoms with Crippen molar-refractivity contribution in [1.82, 2.24) is 4.98 Å². The number of nitrogens with zero attached hydrogens (tertiary/aromatic N) is 1. The van der Waals surface area contributed by atoms with E-state index in [9.17, 15) is 0 Å². The van der Waals surface area contributed by atoms with Gasteiger partial charge >= 0.3 is 0 Å². The maximum absolute atomic E-state index is 4.38. The molecule has 0 saturated carbocycles. The average molecular weight is 173 g/mol. The van der Waals surface area contributed by atoms with Crippen LogP contribution in [0.1, 0.15) is 31.5 Å². The highest BCUT2D eigenvalue weighted by Crippen LogP contribution is 2.26. The largest absolute Gasteiger partial charge is 0.257 e. The summed E-state index contributed by atoms with van der Waals surface area (Å²) in [5.41, 5.74) is 4.11. The Morgan fingerprint density at radius 1 is 1.31 bits per heavy atom. The lowest BCUT2D eigenvalue weighted by molar-refractivity contribution is 0.707. The molecule has 1 aliphatic carbocycles. The van der Waals surface area contributed by atoms with E-state index < -0.39 is 0 Å². The van der Waals surface area contributed by atoms with Gasteiger partial charge in [-0.2, -0.15) is 0 Å². The Kier molecular flexibility index (Phi) is 2.17. The van der Waals surface area contributed by atoms with Crippen molar-refractivity contribution in [3.8, 4) is 0 Å². The number of hydrogen-bond acceptors (Lipinski definition) is 1. The second kappa shape index (κ2) is 3.33. The second-order valence-corrected chi connectivity index (χ2v) is 3.92. The zero-order valence-electron chi connectivity index (χ0n) is 8.25. The molecule has 0 atom stereocenters. The molecule has 0 saturated heterocycles. The van der Waals surface area contributed by atoms with Crippen LogP contribution in [0.3, 0.4) is 0 Å². The smallest absolute Gasteiger partial charge is 0.0661 e. The minimum Gasteiger partial charge on any atom is -0.257 e. The molecule has 0 bridgehead atoms. The molecular formula is C12H15N. The third kappa shape index (κ3) is 1.64. The number of aryl methyl sites for hydroxylation is 1. The molecule has 0 fully saturated rings. The summed E-state index contributed by atoms with van der Waals surface area (Å²) in [6.07, 6.45) is 6.49. The van der Waals surface area contributed by atoms with Gasteiger partial charge < -0.3 is 0 Å². The lowest BCUT2D eigenvalue weighted by atomic mass is 9.89. The molecule has 0 unspecified atom stereocenters. The highest BCUT2D eigenvalue weighted by Gasteiger charge is 2.12. The van der Waals surface area contributed by atoms with Crippen molar-refractivity contribution in [2.75, 3.05) is 0 Å². The summed E-state index contributed by atoms with van der Waals surface area (Å²) in [6, 6.07) is 4.20. The number of allylic oxidation sites excluding steroid dienone is 1. The maximum Gasteiger partial charge on any atom is 0.0661 e. The molecule has 2 rings (SSSR count). The van der Waals surface area contributed by atoms with Crippen molar-refractivity contribution >= 4 is 6.08 Å². The van der Waals surface area contributed by atoms with Gasteiger partial charge in [-0.25, -0.2) is 0 Å². The van der Waals surface area contributed by atoms with Crippen LogP contribution in [-0.4, -0.2) is 4.98 Å². The topological polar surface area (TPSA) is 12.9 Å². The van der Waals surface area contributed by atoms with Crippen molar-refractivity contribution < 1.29 is 0 Å². The number of aromatic nitrogens is 1. The fourth-order valence-corrected chi connectivity index (χ4v) is 1.77. The Balaban J connectivity index is 2.38. The van der Waals surface area contributed by atoms with Gasteiger partial charge in [0.1, 0.15) is 0 Å². The summed E-state index contributed by atoms with van der Waals surface area (Å²) >= 11 is 0. The molecule has 1 aliphatic rings. The predicted octanol–water partition coefficient (Wildman–Crippen LogP) is 3.07. The van der Waals surface area contributed by atoms with Gasteiger partial charge in [0.05, 0.1) is 5.69 Å². The molecule has 1 aromatic heterocycles. The van der Waals surface area contributed by atoms with Crippen molar-refractivity contribution in [2.24, 2.45) is 5.92 Å². The third-order valence-corrected chi connectivity index (χ3v) is 2.67. The molecular weight excluding hydrogens is 158 g/mol. The highest BCUT2D eigenvalue weighted by molar-refractivity contribution is 5.56. The van der Waals surface area contributed by atoms with Crippen molar-refractivity contribution in [3.05, 3.63) is 35.2 Å². The summed E-state index contributed by atoms with van der Waals surface area (Å²) in [7, 11) is 0. The van der Waals surface area contributed by atoms with E-state index in [1.807, 2.05) is 12.3 Å². The monoisotopic (exact) mass is 173 g/mol. The first-order valence-electron chi connectivity index (χ1n) is 4.91. The van der Waals surface area contributed by atoms with E-state index in [1.54, 1.807) is 0 Å². The molecule has 1 heteroatoms. The molecule has 0 aromatic carbocycles. The second-order valence-electron chi connectivity index (χ2n) is 3.92. The minimum absolute atomic E-state index is 0.662. The van der Waals surface area contributed by atoms with E-state index in [0.717, 1.165) is 6.42 Å². The highest BCUT2D eigenvalue weighted by atomic mass is 14.7. The summed E-state index contributed by atoms with van der Waals surface area (Å²) in [5.74, 6) is 0.662. The van der Waals surface area contributed by atoms with Crippen LogP contribution in [0.25, 0.3) is 6.08 Å². The van der Waals surface area contributed by atoms with E-state index in [-0.39, 0.29) is 0 Å². The summed E-state index contributed by atoms with van der Waals surface area (Å²) < 4.78 is 0. The van der Waals surface area contributed by atoms with Crippen LogP contribution >= 0.6 is 0 Å². The van der Waals surface area contributed by atoms with E-state index in [2.05, 4.69) is 31.0 Å². The van der Waals surface area contributed by atoms with Crippen LogP contribution in [0.4, 0.5) is 0 Å². The Labute approximate surface area is 79.5 Å². The number of pyridine rings is 1. The zero-order valence-corrected chi connectivity index (χ0v) is 8.25. The fourth-order valence-electron chi connectivity index (χ4n) is 1.77. The summed E-state index contributed by atoms with van der Waals surface area (Å²) in [6.45, 7) is 4.50. The number of rotatable bonds is 1. The Bertz CT molecular complexity index is 337. The summed E-state index contributed by atoms with van der Waals surface area (Å²) in [4.78, 5) is 4.38. The molecule has 0 N–H and O–H groups in total. The van der Waals surface area contributed by atoms with E-state index in [1.165, 1.54) is 23.3 Å². The lowest BCUT2D eigenvalue weighted by Crippen LogP contribution is -2.04. The fraction of sp³-hybridized carbons (Fsp3) is 0.417. The molecule has 1 nitrogen and oxygen atoms in total. The van der Waals surface area contributed by atoms with Gasteiger partial charge in [0.15, 0.2) is 0 Å². The van der Waals surface area contributed by atoms with E-state index >= 15 is 0 Å². The number of hydrogen-bond donors (Lipinski definition) is 0. The third-order valence-electron chi connectivity index (χ3n) is 2.67.